The maximum Gasteiger partial charge on any atom is 0.235 e. The first-order valence-corrected chi connectivity index (χ1v) is 7.09. The quantitative estimate of drug-likeness (QED) is 0.305. The van der Waals surface area contributed by atoms with Gasteiger partial charge >= 0.3 is 0 Å². The van der Waals surface area contributed by atoms with Gasteiger partial charge in [0.2, 0.25) is 5.91 Å². The molecule has 0 aromatic carbocycles. The minimum atomic E-state index is 0.0640. The summed E-state index contributed by atoms with van der Waals surface area (Å²) in [5.41, 5.74) is 5.43. The van der Waals surface area contributed by atoms with E-state index in [-0.39, 0.29) is 17.0 Å². The van der Waals surface area contributed by atoms with Crippen molar-refractivity contribution in [3.63, 3.8) is 0 Å². The van der Waals surface area contributed by atoms with Crippen LogP contribution in [0.1, 0.15) is 19.3 Å². The average Bonchev–Trinajstić information content (AvgIpc) is 2.91. The van der Waals surface area contributed by atoms with Gasteiger partial charge in [-0.3, -0.25) is 4.79 Å². The SMILES string of the molecule is COCCN(CCC(N)=NO)C(=O)C1CCCS1. The average molecular weight is 275 g/mol. The molecule has 6 nitrogen and oxygen atoms in total. The Balaban J connectivity index is 2.50. The van der Waals surface area contributed by atoms with Crippen molar-refractivity contribution in [1.29, 1.82) is 0 Å². The molecule has 0 aromatic heterocycles. The molecule has 0 saturated carbocycles. The molecule has 1 aliphatic heterocycles. The summed E-state index contributed by atoms with van der Waals surface area (Å²) in [7, 11) is 1.61. The van der Waals surface area contributed by atoms with Gasteiger partial charge in [0.1, 0.15) is 5.84 Å². The Morgan fingerprint density at radius 1 is 1.61 bits per heavy atom. The number of methoxy groups -OCH3 is 1. The van der Waals surface area contributed by atoms with Crippen molar-refractivity contribution in [1.82, 2.24) is 4.90 Å². The maximum absolute atomic E-state index is 12.3. The Morgan fingerprint density at radius 3 is 2.94 bits per heavy atom. The third kappa shape index (κ3) is 4.73. The molecule has 1 fully saturated rings. The molecule has 0 aromatic rings. The molecule has 0 aliphatic carbocycles. The number of ether oxygens (including phenoxy) is 1. The summed E-state index contributed by atoms with van der Waals surface area (Å²) in [4.78, 5) is 14.0. The van der Waals surface area contributed by atoms with Crippen LogP contribution in [0.3, 0.4) is 0 Å². The summed E-state index contributed by atoms with van der Waals surface area (Å²) in [5.74, 6) is 1.33. The Labute approximate surface area is 112 Å². The van der Waals surface area contributed by atoms with Gasteiger partial charge in [-0.25, -0.2) is 0 Å². The van der Waals surface area contributed by atoms with Gasteiger partial charge in [0.05, 0.1) is 11.9 Å². The van der Waals surface area contributed by atoms with Crippen LogP contribution in [0.15, 0.2) is 5.16 Å². The number of oxime groups is 1. The van der Waals surface area contributed by atoms with Gasteiger partial charge in [0, 0.05) is 26.6 Å². The highest BCUT2D eigenvalue weighted by Gasteiger charge is 2.27. The third-order valence-electron chi connectivity index (χ3n) is 2.85. The second-order valence-electron chi connectivity index (χ2n) is 4.16. The lowest BCUT2D eigenvalue weighted by Gasteiger charge is -2.24. The Morgan fingerprint density at radius 2 is 2.39 bits per heavy atom. The van der Waals surface area contributed by atoms with Crippen LogP contribution in [0.5, 0.6) is 0 Å². The van der Waals surface area contributed by atoms with Crippen molar-refractivity contribution in [3.8, 4) is 0 Å². The van der Waals surface area contributed by atoms with E-state index in [4.69, 9.17) is 15.7 Å². The van der Waals surface area contributed by atoms with E-state index in [2.05, 4.69) is 5.16 Å². The molecule has 1 unspecified atom stereocenters. The Kier molecular flexibility index (Phi) is 6.89. The van der Waals surface area contributed by atoms with Crippen molar-refractivity contribution >= 4 is 23.5 Å². The van der Waals surface area contributed by atoms with E-state index in [1.54, 1.807) is 23.8 Å². The lowest BCUT2D eigenvalue weighted by molar-refractivity contribution is -0.131. The van der Waals surface area contributed by atoms with Gasteiger partial charge in [-0.05, 0) is 18.6 Å². The number of carbonyl (C=O) groups is 1. The van der Waals surface area contributed by atoms with E-state index >= 15 is 0 Å². The highest BCUT2D eigenvalue weighted by molar-refractivity contribution is 8.00. The first-order valence-electron chi connectivity index (χ1n) is 6.04. The molecule has 1 atom stereocenters. The topological polar surface area (TPSA) is 88.2 Å². The number of thioether (sulfide) groups is 1. The number of rotatable bonds is 7. The van der Waals surface area contributed by atoms with Crippen LogP contribution in [0.25, 0.3) is 0 Å². The first kappa shape index (κ1) is 15.1. The molecular formula is C11H21N3O3S. The lowest BCUT2D eigenvalue weighted by Crippen LogP contribution is -2.40. The molecule has 1 saturated heterocycles. The molecule has 104 valence electrons. The molecule has 0 bridgehead atoms. The second kappa shape index (κ2) is 8.20. The number of nitrogens with zero attached hydrogens (tertiary/aromatic N) is 2. The van der Waals surface area contributed by atoms with Crippen molar-refractivity contribution < 1.29 is 14.7 Å². The summed E-state index contributed by atoms with van der Waals surface area (Å²) in [5, 5.41) is 11.5. The number of hydrogen-bond acceptors (Lipinski definition) is 5. The van der Waals surface area contributed by atoms with E-state index in [0.29, 0.717) is 26.1 Å². The summed E-state index contributed by atoms with van der Waals surface area (Å²) in [6, 6.07) is 0. The van der Waals surface area contributed by atoms with Crippen LogP contribution >= 0.6 is 11.8 Å². The fraction of sp³-hybridized carbons (Fsp3) is 0.818. The van der Waals surface area contributed by atoms with E-state index in [1.807, 2.05) is 0 Å². The number of amides is 1. The van der Waals surface area contributed by atoms with E-state index in [0.717, 1.165) is 18.6 Å². The van der Waals surface area contributed by atoms with E-state index in [9.17, 15) is 4.79 Å². The summed E-state index contributed by atoms with van der Waals surface area (Å²) in [6.45, 7) is 1.51. The van der Waals surface area contributed by atoms with Crippen LogP contribution in [-0.4, -0.2) is 59.7 Å². The molecule has 0 spiro atoms. The Hall–Kier alpha value is -0.950. The van der Waals surface area contributed by atoms with E-state index < -0.39 is 0 Å². The minimum Gasteiger partial charge on any atom is -0.409 e. The summed E-state index contributed by atoms with van der Waals surface area (Å²) >= 11 is 1.71. The summed E-state index contributed by atoms with van der Waals surface area (Å²) < 4.78 is 5.01. The molecule has 18 heavy (non-hydrogen) atoms. The zero-order valence-electron chi connectivity index (χ0n) is 10.7. The molecule has 7 heteroatoms. The monoisotopic (exact) mass is 275 g/mol. The predicted molar refractivity (Wildman–Crippen MR) is 72.0 cm³/mol. The second-order valence-corrected chi connectivity index (χ2v) is 5.47. The van der Waals surface area contributed by atoms with Gasteiger partial charge in [0.25, 0.3) is 0 Å². The highest BCUT2D eigenvalue weighted by atomic mass is 32.2. The van der Waals surface area contributed by atoms with Crippen molar-refractivity contribution in [2.24, 2.45) is 10.9 Å². The fourth-order valence-corrected chi connectivity index (χ4v) is 3.05. The zero-order valence-corrected chi connectivity index (χ0v) is 11.5. The minimum absolute atomic E-state index is 0.0640. The number of nitrogens with two attached hydrogens (primary N) is 1. The van der Waals surface area contributed by atoms with Crippen molar-refractivity contribution in [2.45, 2.75) is 24.5 Å². The number of carbonyl (C=O) groups excluding carboxylic acids is 1. The molecular weight excluding hydrogens is 254 g/mol. The van der Waals surface area contributed by atoms with Crippen LogP contribution in [0.2, 0.25) is 0 Å². The summed E-state index contributed by atoms with van der Waals surface area (Å²) in [6.07, 6.45) is 2.42. The van der Waals surface area contributed by atoms with Gasteiger partial charge in [-0.1, -0.05) is 5.16 Å². The predicted octanol–water partition coefficient (Wildman–Crippen LogP) is 0.494. The lowest BCUT2D eigenvalue weighted by atomic mass is 10.2. The first-order chi connectivity index (χ1) is 8.69. The van der Waals surface area contributed by atoms with Crippen LogP contribution in [-0.2, 0) is 9.53 Å². The molecule has 1 aliphatic rings. The molecule has 1 rings (SSSR count). The highest BCUT2D eigenvalue weighted by Crippen LogP contribution is 2.27. The number of amidine groups is 1. The molecule has 1 amide bonds. The van der Waals surface area contributed by atoms with Crippen LogP contribution < -0.4 is 5.73 Å². The van der Waals surface area contributed by atoms with Crippen molar-refractivity contribution in [3.05, 3.63) is 0 Å². The normalized spacial score (nSPS) is 20.1. The third-order valence-corrected chi connectivity index (χ3v) is 4.21. The van der Waals surface area contributed by atoms with Gasteiger partial charge in [0.15, 0.2) is 0 Å². The van der Waals surface area contributed by atoms with Gasteiger partial charge in [-0.2, -0.15) is 0 Å². The molecule has 0 radical (unpaired) electrons. The zero-order chi connectivity index (χ0) is 13.4. The van der Waals surface area contributed by atoms with Crippen LogP contribution in [0, 0.1) is 0 Å². The van der Waals surface area contributed by atoms with Gasteiger partial charge < -0.3 is 20.6 Å². The molecule has 3 N–H and O–H groups in total. The Bertz CT molecular complexity index is 293. The van der Waals surface area contributed by atoms with E-state index in [1.165, 1.54) is 0 Å². The maximum atomic E-state index is 12.3. The van der Waals surface area contributed by atoms with Gasteiger partial charge in [-0.15, -0.1) is 11.8 Å². The van der Waals surface area contributed by atoms with Crippen LogP contribution in [0.4, 0.5) is 0 Å². The molecule has 1 heterocycles. The fourth-order valence-electron chi connectivity index (χ4n) is 1.81. The standard InChI is InChI=1S/C11H21N3O3S/c1-17-7-6-14(5-4-10(12)13-16)11(15)9-3-2-8-18-9/h9,16H,2-8H2,1H3,(H2,12,13). The van der Waals surface area contributed by atoms with Crippen molar-refractivity contribution in [2.75, 3.05) is 32.6 Å². The largest absolute Gasteiger partial charge is 0.409 e. The smallest absolute Gasteiger partial charge is 0.235 e. The number of hydrogen-bond donors (Lipinski definition) is 2.